The minimum absolute atomic E-state index is 0.173. The third-order valence-corrected chi connectivity index (χ3v) is 6.04. The van der Waals surface area contributed by atoms with E-state index in [0.717, 1.165) is 44.9 Å². The van der Waals surface area contributed by atoms with Crippen LogP contribution in [0, 0.1) is 11.8 Å². The van der Waals surface area contributed by atoms with E-state index in [1.165, 1.54) is 32.8 Å². The molecule has 1 unspecified atom stereocenters. The number of ether oxygens (including phenoxy) is 1. The van der Waals surface area contributed by atoms with Gasteiger partial charge in [-0.05, 0) is 63.7 Å². The molecule has 1 aliphatic rings. The zero-order valence-electron chi connectivity index (χ0n) is 17.1. The molecule has 0 spiro atoms. The molecule has 26 heavy (non-hydrogen) atoms. The zero-order valence-corrected chi connectivity index (χ0v) is 17.1. The summed E-state index contributed by atoms with van der Waals surface area (Å²) >= 11 is 0. The van der Waals surface area contributed by atoms with Gasteiger partial charge in [-0.1, -0.05) is 51.2 Å². The van der Waals surface area contributed by atoms with Crippen LogP contribution in [-0.4, -0.2) is 35.0 Å². The SMILES string of the molecule is CCCCCCC=C[C@H]1CC[C@H](O)[C@@H]1CCCCCC(C)(OC)C(=O)O. The molecule has 0 aromatic carbocycles. The van der Waals surface area contributed by atoms with Gasteiger partial charge in [0, 0.05) is 7.11 Å². The quantitative estimate of drug-likeness (QED) is 0.321. The zero-order chi connectivity index (χ0) is 19.4. The van der Waals surface area contributed by atoms with Crippen molar-refractivity contribution in [3.63, 3.8) is 0 Å². The summed E-state index contributed by atoms with van der Waals surface area (Å²) in [6.45, 7) is 3.87. The minimum atomic E-state index is -1.07. The molecule has 0 amide bonds. The van der Waals surface area contributed by atoms with Crippen LogP contribution >= 0.6 is 0 Å². The molecule has 0 heterocycles. The largest absolute Gasteiger partial charge is 0.479 e. The number of unbranched alkanes of at least 4 members (excludes halogenated alkanes) is 6. The first-order chi connectivity index (χ1) is 12.4. The summed E-state index contributed by atoms with van der Waals surface area (Å²) in [5.41, 5.74) is -1.07. The predicted molar refractivity (Wildman–Crippen MR) is 106 cm³/mol. The monoisotopic (exact) mass is 368 g/mol. The summed E-state index contributed by atoms with van der Waals surface area (Å²) in [6, 6.07) is 0. The van der Waals surface area contributed by atoms with Gasteiger partial charge in [0.2, 0.25) is 0 Å². The number of aliphatic hydroxyl groups is 1. The molecule has 2 N–H and O–H groups in total. The van der Waals surface area contributed by atoms with E-state index >= 15 is 0 Å². The molecular weight excluding hydrogens is 328 g/mol. The lowest BCUT2D eigenvalue weighted by Crippen LogP contribution is -2.37. The molecule has 152 valence electrons. The highest BCUT2D eigenvalue weighted by molar-refractivity contribution is 5.76. The Balaban J connectivity index is 2.28. The van der Waals surface area contributed by atoms with Crippen LogP contribution in [0.25, 0.3) is 0 Å². The first-order valence-electron chi connectivity index (χ1n) is 10.6. The summed E-state index contributed by atoms with van der Waals surface area (Å²) in [5.74, 6) is -0.00929. The molecule has 4 nitrogen and oxygen atoms in total. The van der Waals surface area contributed by atoms with Gasteiger partial charge in [-0.2, -0.15) is 0 Å². The highest BCUT2D eigenvalue weighted by Crippen LogP contribution is 2.37. The number of carboxylic acid groups (broad SMARTS) is 1. The number of aliphatic carboxylic acids is 1. The Labute approximate surface area is 160 Å². The Morgan fingerprint density at radius 1 is 1.15 bits per heavy atom. The Hall–Kier alpha value is -0.870. The van der Waals surface area contributed by atoms with Crippen LogP contribution in [0.15, 0.2) is 12.2 Å². The summed E-state index contributed by atoms with van der Waals surface area (Å²) in [4.78, 5) is 11.2. The van der Waals surface area contributed by atoms with E-state index in [2.05, 4.69) is 19.1 Å². The number of aliphatic hydroxyl groups excluding tert-OH is 1. The number of rotatable bonds is 14. The molecule has 4 atom stereocenters. The number of allylic oxidation sites excluding steroid dienone is 2. The van der Waals surface area contributed by atoms with E-state index in [9.17, 15) is 15.0 Å². The number of hydrogen-bond donors (Lipinski definition) is 2. The van der Waals surface area contributed by atoms with Crippen LogP contribution in [0.5, 0.6) is 0 Å². The molecule has 1 rings (SSSR count). The van der Waals surface area contributed by atoms with Crippen molar-refractivity contribution in [3.8, 4) is 0 Å². The smallest absolute Gasteiger partial charge is 0.335 e. The second-order valence-corrected chi connectivity index (χ2v) is 8.09. The van der Waals surface area contributed by atoms with Crippen molar-refractivity contribution in [3.05, 3.63) is 12.2 Å². The molecule has 0 radical (unpaired) electrons. The number of methoxy groups -OCH3 is 1. The van der Waals surface area contributed by atoms with Crippen LogP contribution in [0.3, 0.4) is 0 Å². The number of hydrogen-bond acceptors (Lipinski definition) is 3. The van der Waals surface area contributed by atoms with Gasteiger partial charge in [-0.15, -0.1) is 0 Å². The number of carbonyl (C=O) groups is 1. The first-order valence-corrected chi connectivity index (χ1v) is 10.6. The summed E-state index contributed by atoms with van der Waals surface area (Å²) in [6.07, 6.45) is 17.3. The van der Waals surface area contributed by atoms with Crippen molar-refractivity contribution in [1.82, 2.24) is 0 Å². The Morgan fingerprint density at radius 2 is 1.88 bits per heavy atom. The van der Waals surface area contributed by atoms with E-state index in [1.807, 2.05) is 0 Å². The first kappa shape index (κ1) is 23.2. The van der Waals surface area contributed by atoms with Crippen LogP contribution < -0.4 is 0 Å². The molecule has 1 aliphatic carbocycles. The van der Waals surface area contributed by atoms with Gasteiger partial charge in [-0.25, -0.2) is 4.79 Å². The summed E-state index contributed by atoms with van der Waals surface area (Å²) in [7, 11) is 1.46. The topological polar surface area (TPSA) is 66.8 Å². The fourth-order valence-electron chi connectivity index (χ4n) is 4.00. The van der Waals surface area contributed by atoms with Crippen LogP contribution in [0.1, 0.15) is 90.9 Å². The second kappa shape index (κ2) is 12.5. The van der Waals surface area contributed by atoms with Crippen molar-refractivity contribution >= 4 is 5.97 Å². The van der Waals surface area contributed by atoms with Gasteiger partial charge < -0.3 is 14.9 Å². The van der Waals surface area contributed by atoms with Crippen molar-refractivity contribution < 1.29 is 19.7 Å². The highest BCUT2D eigenvalue weighted by atomic mass is 16.5. The van der Waals surface area contributed by atoms with Gasteiger partial charge >= 0.3 is 5.97 Å². The maximum Gasteiger partial charge on any atom is 0.335 e. The highest BCUT2D eigenvalue weighted by Gasteiger charge is 2.33. The van der Waals surface area contributed by atoms with Crippen molar-refractivity contribution in [2.75, 3.05) is 7.11 Å². The Bertz CT molecular complexity index is 420. The van der Waals surface area contributed by atoms with E-state index in [4.69, 9.17) is 4.74 Å². The fraction of sp³-hybridized carbons (Fsp3) is 0.864. The average molecular weight is 369 g/mol. The molecule has 4 heteroatoms. The molecule has 0 saturated heterocycles. The van der Waals surface area contributed by atoms with E-state index in [0.29, 0.717) is 18.3 Å². The van der Waals surface area contributed by atoms with E-state index in [1.54, 1.807) is 6.92 Å². The lowest BCUT2D eigenvalue weighted by molar-refractivity contribution is -0.161. The third-order valence-electron chi connectivity index (χ3n) is 6.04. The van der Waals surface area contributed by atoms with Crippen molar-refractivity contribution in [2.45, 2.75) is 103 Å². The Kier molecular flexibility index (Phi) is 11.1. The molecule has 1 fully saturated rings. The minimum Gasteiger partial charge on any atom is -0.479 e. The fourth-order valence-corrected chi connectivity index (χ4v) is 4.00. The predicted octanol–water partition coefficient (Wildman–Crippen LogP) is 5.34. The second-order valence-electron chi connectivity index (χ2n) is 8.09. The molecule has 0 aromatic rings. The maximum absolute atomic E-state index is 11.2. The van der Waals surface area contributed by atoms with Crippen LogP contribution in [-0.2, 0) is 9.53 Å². The van der Waals surface area contributed by atoms with Gasteiger partial charge in [0.15, 0.2) is 5.60 Å². The maximum atomic E-state index is 11.2. The van der Waals surface area contributed by atoms with Gasteiger partial charge in [0.25, 0.3) is 0 Å². The van der Waals surface area contributed by atoms with Crippen molar-refractivity contribution in [1.29, 1.82) is 0 Å². The Morgan fingerprint density at radius 3 is 2.54 bits per heavy atom. The summed E-state index contributed by atoms with van der Waals surface area (Å²) < 4.78 is 5.14. The average Bonchev–Trinajstić information content (AvgIpc) is 2.97. The number of carboxylic acids is 1. The lowest BCUT2D eigenvalue weighted by Gasteiger charge is -2.23. The lowest BCUT2D eigenvalue weighted by atomic mass is 9.88. The normalized spacial score (nSPS) is 25.6. The van der Waals surface area contributed by atoms with E-state index < -0.39 is 11.6 Å². The molecule has 0 bridgehead atoms. The molecule has 0 aromatic heterocycles. The summed E-state index contributed by atoms with van der Waals surface area (Å²) in [5, 5.41) is 19.5. The van der Waals surface area contributed by atoms with Crippen LogP contribution in [0.4, 0.5) is 0 Å². The van der Waals surface area contributed by atoms with Gasteiger partial charge in [0.05, 0.1) is 6.10 Å². The third kappa shape index (κ3) is 7.79. The molecule has 0 aliphatic heterocycles. The van der Waals surface area contributed by atoms with E-state index in [-0.39, 0.29) is 6.10 Å². The van der Waals surface area contributed by atoms with Crippen LogP contribution in [0.2, 0.25) is 0 Å². The van der Waals surface area contributed by atoms with Gasteiger partial charge in [0.1, 0.15) is 0 Å². The van der Waals surface area contributed by atoms with Gasteiger partial charge in [-0.3, -0.25) is 0 Å². The molecular formula is C22H40O4. The standard InChI is InChI=1S/C22H40O4/c1-4-5-6-7-8-10-13-18-15-16-20(23)19(18)14-11-9-12-17-22(2,26-3)21(24)25/h10,13,18-20,23H,4-9,11-12,14-17H2,1-3H3,(H,24,25)/t18-,19+,20-,22?/m0/s1. The molecule has 1 saturated carbocycles. The van der Waals surface area contributed by atoms with Crippen molar-refractivity contribution in [2.24, 2.45) is 11.8 Å².